The molecule has 0 saturated carbocycles. The summed E-state index contributed by atoms with van der Waals surface area (Å²) in [6.07, 6.45) is 1.66. The molecule has 0 unspecified atom stereocenters. The van der Waals surface area contributed by atoms with Gasteiger partial charge in [0.05, 0.1) is 11.8 Å². The van der Waals surface area contributed by atoms with E-state index in [4.69, 9.17) is 4.74 Å². The van der Waals surface area contributed by atoms with Gasteiger partial charge in [-0.3, -0.25) is 9.59 Å². The van der Waals surface area contributed by atoms with Crippen molar-refractivity contribution in [3.8, 4) is 0 Å². The number of rotatable bonds is 3. The highest BCUT2D eigenvalue weighted by Crippen LogP contribution is 2.14. The molecule has 1 aromatic carbocycles. The second kappa shape index (κ2) is 6.42. The van der Waals surface area contributed by atoms with Gasteiger partial charge in [0, 0.05) is 19.2 Å². The molecule has 2 N–H and O–H groups in total. The molecular formula is C13H14F2N2O3. The van der Waals surface area contributed by atoms with Gasteiger partial charge >= 0.3 is 11.8 Å². The van der Waals surface area contributed by atoms with Crippen LogP contribution in [0.1, 0.15) is 12.8 Å². The quantitative estimate of drug-likeness (QED) is 0.820. The van der Waals surface area contributed by atoms with Crippen LogP contribution in [0.4, 0.5) is 14.5 Å². The van der Waals surface area contributed by atoms with Gasteiger partial charge in [0.1, 0.15) is 11.6 Å². The lowest BCUT2D eigenvalue weighted by atomic mass is 10.2. The lowest BCUT2D eigenvalue weighted by Crippen LogP contribution is -2.39. The highest BCUT2D eigenvalue weighted by Gasteiger charge is 2.20. The number of carbonyl (C=O) groups is 2. The fourth-order valence-electron chi connectivity index (χ4n) is 1.86. The number of nitrogens with one attached hydrogen (secondary N) is 2. The van der Waals surface area contributed by atoms with Gasteiger partial charge in [0.25, 0.3) is 0 Å². The number of hydrogen-bond acceptors (Lipinski definition) is 3. The van der Waals surface area contributed by atoms with Crippen LogP contribution < -0.4 is 10.6 Å². The first kappa shape index (κ1) is 14.4. The number of hydrogen-bond donors (Lipinski definition) is 2. The molecule has 0 radical (unpaired) electrons. The van der Waals surface area contributed by atoms with Gasteiger partial charge in [-0.05, 0) is 25.0 Å². The Labute approximate surface area is 114 Å². The van der Waals surface area contributed by atoms with E-state index in [1.807, 2.05) is 0 Å². The van der Waals surface area contributed by atoms with E-state index in [9.17, 15) is 18.4 Å². The van der Waals surface area contributed by atoms with Crippen LogP contribution in [-0.2, 0) is 14.3 Å². The van der Waals surface area contributed by atoms with Gasteiger partial charge in [-0.1, -0.05) is 0 Å². The zero-order chi connectivity index (χ0) is 14.5. The molecule has 7 heteroatoms. The van der Waals surface area contributed by atoms with Crippen LogP contribution in [0.3, 0.4) is 0 Å². The van der Waals surface area contributed by atoms with Gasteiger partial charge in [0.2, 0.25) is 0 Å². The Hall–Kier alpha value is -2.02. The van der Waals surface area contributed by atoms with Crippen LogP contribution in [-0.4, -0.2) is 31.1 Å². The fraction of sp³-hybridized carbons (Fsp3) is 0.385. The predicted octanol–water partition coefficient (Wildman–Crippen LogP) is 1.20. The maximum atomic E-state index is 13.3. The smallest absolute Gasteiger partial charge is 0.313 e. The van der Waals surface area contributed by atoms with Crippen LogP contribution in [0.25, 0.3) is 0 Å². The average Bonchev–Trinajstić information content (AvgIpc) is 2.92. The van der Waals surface area contributed by atoms with Gasteiger partial charge in [0.15, 0.2) is 0 Å². The van der Waals surface area contributed by atoms with Crippen molar-refractivity contribution in [1.29, 1.82) is 0 Å². The van der Waals surface area contributed by atoms with Gasteiger partial charge in [-0.2, -0.15) is 0 Å². The van der Waals surface area contributed by atoms with Gasteiger partial charge < -0.3 is 15.4 Å². The zero-order valence-corrected chi connectivity index (χ0v) is 10.6. The van der Waals surface area contributed by atoms with Crippen molar-refractivity contribution in [2.75, 3.05) is 18.5 Å². The third-order valence-corrected chi connectivity index (χ3v) is 2.90. The first-order valence-corrected chi connectivity index (χ1v) is 6.22. The van der Waals surface area contributed by atoms with Crippen LogP contribution >= 0.6 is 0 Å². The van der Waals surface area contributed by atoms with E-state index in [1.165, 1.54) is 0 Å². The average molecular weight is 284 g/mol. The molecule has 1 fully saturated rings. The SMILES string of the molecule is O=C(NC[C@H]1CCCO1)C(=O)Nc1ccc(F)cc1F. The molecule has 0 bridgehead atoms. The number of halogens is 2. The monoisotopic (exact) mass is 284 g/mol. The number of benzene rings is 1. The normalized spacial score (nSPS) is 17.8. The maximum absolute atomic E-state index is 13.3. The standard InChI is InChI=1S/C13H14F2N2O3/c14-8-3-4-11(10(15)6-8)17-13(19)12(18)16-7-9-2-1-5-20-9/h3-4,6,9H,1-2,5,7H2,(H,16,18)(H,17,19)/t9-/m1/s1. The van der Waals surface area contributed by atoms with Crippen molar-refractivity contribution >= 4 is 17.5 Å². The highest BCUT2D eigenvalue weighted by atomic mass is 19.1. The van der Waals surface area contributed by atoms with Crippen LogP contribution in [0.2, 0.25) is 0 Å². The van der Waals surface area contributed by atoms with Crippen LogP contribution in [0.15, 0.2) is 18.2 Å². The summed E-state index contributed by atoms with van der Waals surface area (Å²) in [6.45, 7) is 0.881. The second-order valence-corrected chi connectivity index (χ2v) is 4.42. The lowest BCUT2D eigenvalue weighted by molar-refractivity contribution is -0.136. The molecule has 1 saturated heterocycles. The van der Waals surface area contributed by atoms with E-state index in [0.717, 1.165) is 25.0 Å². The molecule has 2 amide bonds. The van der Waals surface area contributed by atoms with E-state index in [2.05, 4.69) is 10.6 Å². The Morgan fingerprint density at radius 2 is 2.10 bits per heavy atom. The van der Waals surface area contributed by atoms with Crippen molar-refractivity contribution in [3.05, 3.63) is 29.8 Å². The topological polar surface area (TPSA) is 67.4 Å². The van der Waals surface area contributed by atoms with Crippen molar-refractivity contribution in [1.82, 2.24) is 5.32 Å². The molecule has 0 aliphatic carbocycles. The summed E-state index contributed by atoms with van der Waals surface area (Å²) in [6, 6.07) is 2.67. The zero-order valence-electron chi connectivity index (χ0n) is 10.6. The van der Waals surface area contributed by atoms with E-state index in [1.54, 1.807) is 0 Å². The molecule has 0 aromatic heterocycles. The number of anilines is 1. The minimum Gasteiger partial charge on any atom is -0.376 e. The molecule has 20 heavy (non-hydrogen) atoms. The van der Waals surface area contributed by atoms with Gasteiger partial charge in [-0.15, -0.1) is 0 Å². The molecular weight excluding hydrogens is 270 g/mol. The summed E-state index contributed by atoms with van der Waals surface area (Å²) in [5, 5.41) is 4.48. The Kier molecular flexibility index (Phi) is 4.62. The summed E-state index contributed by atoms with van der Waals surface area (Å²) in [7, 11) is 0. The number of carbonyl (C=O) groups excluding carboxylic acids is 2. The molecule has 1 heterocycles. The van der Waals surface area contributed by atoms with Crippen molar-refractivity contribution in [2.24, 2.45) is 0 Å². The third kappa shape index (κ3) is 3.74. The molecule has 1 aliphatic rings. The molecule has 108 valence electrons. The Bertz CT molecular complexity index is 516. The fourth-order valence-corrected chi connectivity index (χ4v) is 1.86. The summed E-state index contributed by atoms with van der Waals surface area (Å²) < 4.78 is 31.3. The van der Waals surface area contributed by atoms with Crippen LogP contribution in [0.5, 0.6) is 0 Å². The first-order valence-electron chi connectivity index (χ1n) is 6.22. The minimum atomic E-state index is -1.01. The minimum absolute atomic E-state index is 0.0886. The van der Waals surface area contributed by atoms with Crippen molar-refractivity contribution in [3.63, 3.8) is 0 Å². The van der Waals surface area contributed by atoms with E-state index in [-0.39, 0.29) is 18.3 Å². The Balaban J connectivity index is 1.85. The molecule has 0 spiro atoms. The van der Waals surface area contributed by atoms with E-state index >= 15 is 0 Å². The number of amides is 2. The molecule has 5 nitrogen and oxygen atoms in total. The predicted molar refractivity (Wildman–Crippen MR) is 67.0 cm³/mol. The molecule has 1 aromatic rings. The highest BCUT2D eigenvalue weighted by molar-refractivity contribution is 6.39. The summed E-state index contributed by atoms with van der Waals surface area (Å²) in [5.74, 6) is -3.59. The van der Waals surface area contributed by atoms with Crippen molar-refractivity contribution in [2.45, 2.75) is 18.9 Å². The summed E-state index contributed by atoms with van der Waals surface area (Å²) >= 11 is 0. The summed E-state index contributed by atoms with van der Waals surface area (Å²) in [5.41, 5.74) is -0.247. The molecule has 1 aliphatic heterocycles. The Morgan fingerprint density at radius 3 is 2.75 bits per heavy atom. The molecule has 1 atom stereocenters. The van der Waals surface area contributed by atoms with Crippen molar-refractivity contribution < 1.29 is 23.1 Å². The van der Waals surface area contributed by atoms with Crippen LogP contribution in [0, 0.1) is 11.6 Å². The second-order valence-electron chi connectivity index (χ2n) is 4.42. The Morgan fingerprint density at radius 1 is 1.30 bits per heavy atom. The molecule has 2 rings (SSSR count). The number of ether oxygens (including phenoxy) is 1. The van der Waals surface area contributed by atoms with E-state index in [0.29, 0.717) is 12.7 Å². The van der Waals surface area contributed by atoms with Gasteiger partial charge in [-0.25, -0.2) is 8.78 Å². The maximum Gasteiger partial charge on any atom is 0.313 e. The summed E-state index contributed by atoms with van der Waals surface area (Å²) in [4.78, 5) is 23.0. The largest absolute Gasteiger partial charge is 0.376 e. The lowest BCUT2D eigenvalue weighted by Gasteiger charge is -2.11. The van der Waals surface area contributed by atoms with E-state index < -0.39 is 23.4 Å². The third-order valence-electron chi connectivity index (χ3n) is 2.90. The first-order chi connectivity index (χ1) is 9.56.